The Balaban J connectivity index is 1.83. The largest absolute Gasteiger partial charge is 0.321 e. The molecular weight excluding hydrogens is 391 g/mol. The van der Waals surface area contributed by atoms with Crippen molar-refractivity contribution in [3.63, 3.8) is 0 Å². The van der Waals surface area contributed by atoms with Gasteiger partial charge in [-0.25, -0.2) is 4.98 Å². The fourth-order valence-electron chi connectivity index (χ4n) is 3.11. The second-order valence-electron chi connectivity index (χ2n) is 6.50. The van der Waals surface area contributed by atoms with Gasteiger partial charge >= 0.3 is 0 Å². The molecule has 1 N–H and O–H groups in total. The molecule has 1 aromatic heterocycles. The van der Waals surface area contributed by atoms with E-state index in [1.165, 1.54) is 0 Å². The molecule has 28 heavy (non-hydrogen) atoms. The van der Waals surface area contributed by atoms with E-state index in [9.17, 15) is 4.79 Å². The fourth-order valence-corrected chi connectivity index (χ4v) is 3.45. The van der Waals surface area contributed by atoms with Gasteiger partial charge in [-0.2, -0.15) is 0 Å². The van der Waals surface area contributed by atoms with Crippen LogP contribution in [0.25, 0.3) is 22.2 Å². The Labute approximate surface area is 172 Å². The molecule has 0 aliphatic rings. The third kappa shape index (κ3) is 3.59. The van der Waals surface area contributed by atoms with Gasteiger partial charge in [-0.05, 0) is 37.3 Å². The molecule has 0 fully saturated rings. The van der Waals surface area contributed by atoms with Crippen LogP contribution in [0.1, 0.15) is 15.9 Å². The van der Waals surface area contributed by atoms with Crippen LogP contribution in [0.3, 0.4) is 0 Å². The molecule has 0 radical (unpaired) electrons. The SMILES string of the molecule is Cc1cccc(-c2cc(C(=O)Nc3cccc(Cl)c3Cl)c3ccccc3n2)c1. The van der Waals surface area contributed by atoms with E-state index in [-0.39, 0.29) is 5.91 Å². The van der Waals surface area contributed by atoms with Gasteiger partial charge in [0.25, 0.3) is 5.91 Å². The third-order valence-electron chi connectivity index (χ3n) is 4.47. The number of hydrogen-bond donors (Lipinski definition) is 1. The summed E-state index contributed by atoms with van der Waals surface area (Å²) in [5.74, 6) is -0.267. The van der Waals surface area contributed by atoms with Crippen LogP contribution < -0.4 is 5.32 Å². The summed E-state index contributed by atoms with van der Waals surface area (Å²) in [7, 11) is 0. The van der Waals surface area contributed by atoms with Crippen LogP contribution in [0, 0.1) is 6.92 Å². The van der Waals surface area contributed by atoms with Gasteiger partial charge in [0, 0.05) is 10.9 Å². The van der Waals surface area contributed by atoms with Crippen molar-refractivity contribution in [2.24, 2.45) is 0 Å². The van der Waals surface area contributed by atoms with Crippen LogP contribution in [-0.4, -0.2) is 10.9 Å². The molecule has 1 amide bonds. The lowest BCUT2D eigenvalue weighted by molar-refractivity contribution is 0.102. The number of amides is 1. The maximum Gasteiger partial charge on any atom is 0.256 e. The number of aryl methyl sites for hydroxylation is 1. The van der Waals surface area contributed by atoms with Crippen molar-refractivity contribution in [1.29, 1.82) is 0 Å². The highest BCUT2D eigenvalue weighted by Gasteiger charge is 2.16. The standard InChI is InChI=1S/C23H16Cl2N2O/c1-14-6-4-7-15(12-14)21-13-17(16-8-2-3-10-19(16)26-21)23(28)27-20-11-5-9-18(24)22(20)25/h2-13H,1H3,(H,27,28). The molecule has 0 atom stereocenters. The number of nitrogens with one attached hydrogen (secondary N) is 1. The number of rotatable bonds is 3. The van der Waals surface area contributed by atoms with Gasteiger partial charge in [-0.15, -0.1) is 0 Å². The fraction of sp³-hybridized carbons (Fsp3) is 0.0435. The second-order valence-corrected chi connectivity index (χ2v) is 7.28. The molecule has 0 unspecified atom stereocenters. The number of anilines is 1. The number of pyridine rings is 1. The molecule has 138 valence electrons. The number of halogens is 2. The van der Waals surface area contributed by atoms with E-state index in [0.717, 1.165) is 27.7 Å². The van der Waals surface area contributed by atoms with Gasteiger partial charge in [0.15, 0.2) is 0 Å². The minimum absolute atomic E-state index is 0.267. The first-order chi connectivity index (χ1) is 13.5. The van der Waals surface area contributed by atoms with Crippen LogP contribution in [0.5, 0.6) is 0 Å². The summed E-state index contributed by atoms with van der Waals surface area (Å²) in [6, 6.07) is 22.6. The van der Waals surface area contributed by atoms with Gasteiger partial charge in [0.05, 0.1) is 32.5 Å². The Hall–Kier alpha value is -2.88. The molecule has 5 heteroatoms. The number of fused-ring (bicyclic) bond motifs is 1. The molecule has 0 spiro atoms. The highest BCUT2D eigenvalue weighted by Crippen LogP contribution is 2.31. The zero-order chi connectivity index (χ0) is 19.7. The summed E-state index contributed by atoms with van der Waals surface area (Å²) >= 11 is 12.3. The normalized spacial score (nSPS) is 10.8. The van der Waals surface area contributed by atoms with Gasteiger partial charge in [0.2, 0.25) is 0 Å². The molecular formula is C23H16Cl2N2O. The van der Waals surface area contributed by atoms with Crippen LogP contribution in [-0.2, 0) is 0 Å². The zero-order valence-electron chi connectivity index (χ0n) is 15.0. The molecule has 0 saturated carbocycles. The Bertz CT molecular complexity index is 1200. The number of nitrogens with zero attached hydrogens (tertiary/aromatic N) is 1. The van der Waals surface area contributed by atoms with Crippen LogP contribution in [0.2, 0.25) is 10.0 Å². The lowest BCUT2D eigenvalue weighted by Crippen LogP contribution is -2.13. The maximum atomic E-state index is 13.1. The quantitative estimate of drug-likeness (QED) is 0.407. The molecule has 4 rings (SSSR count). The van der Waals surface area contributed by atoms with E-state index in [1.807, 2.05) is 61.5 Å². The monoisotopic (exact) mass is 406 g/mol. The zero-order valence-corrected chi connectivity index (χ0v) is 16.6. The lowest BCUT2D eigenvalue weighted by atomic mass is 10.0. The number of benzene rings is 3. The third-order valence-corrected chi connectivity index (χ3v) is 5.29. The van der Waals surface area contributed by atoms with Gasteiger partial charge in [0.1, 0.15) is 0 Å². The first-order valence-electron chi connectivity index (χ1n) is 8.75. The highest BCUT2D eigenvalue weighted by atomic mass is 35.5. The molecule has 0 aliphatic carbocycles. The molecule has 0 bridgehead atoms. The summed E-state index contributed by atoms with van der Waals surface area (Å²) in [5.41, 5.74) is 4.58. The van der Waals surface area contributed by atoms with E-state index in [1.54, 1.807) is 18.2 Å². The van der Waals surface area contributed by atoms with E-state index >= 15 is 0 Å². The maximum absolute atomic E-state index is 13.1. The Morgan fingerprint density at radius 3 is 2.54 bits per heavy atom. The minimum Gasteiger partial charge on any atom is -0.321 e. The molecule has 4 aromatic rings. The van der Waals surface area contributed by atoms with E-state index in [0.29, 0.717) is 21.3 Å². The molecule has 3 nitrogen and oxygen atoms in total. The number of aromatic nitrogens is 1. The molecule has 3 aromatic carbocycles. The molecule has 0 saturated heterocycles. The van der Waals surface area contributed by atoms with Crippen molar-refractivity contribution in [1.82, 2.24) is 4.98 Å². The van der Waals surface area contributed by atoms with E-state index < -0.39 is 0 Å². The number of para-hydroxylation sites is 1. The first-order valence-corrected chi connectivity index (χ1v) is 9.51. The predicted octanol–water partition coefficient (Wildman–Crippen LogP) is 6.77. The van der Waals surface area contributed by atoms with Crippen molar-refractivity contribution >= 4 is 45.7 Å². The van der Waals surface area contributed by atoms with E-state index in [2.05, 4.69) is 5.32 Å². The summed E-state index contributed by atoms with van der Waals surface area (Å²) in [5, 5.41) is 4.34. The average Bonchev–Trinajstić information content (AvgIpc) is 2.70. The summed E-state index contributed by atoms with van der Waals surface area (Å²) in [6.07, 6.45) is 0. The van der Waals surface area contributed by atoms with Crippen LogP contribution in [0.4, 0.5) is 5.69 Å². The molecule has 1 heterocycles. The first kappa shape index (κ1) is 18.5. The highest BCUT2D eigenvalue weighted by molar-refractivity contribution is 6.44. The van der Waals surface area contributed by atoms with Crippen molar-refractivity contribution in [2.75, 3.05) is 5.32 Å². The predicted molar refractivity (Wildman–Crippen MR) is 116 cm³/mol. The van der Waals surface area contributed by atoms with Crippen molar-refractivity contribution < 1.29 is 4.79 Å². The van der Waals surface area contributed by atoms with Gasteiger partial charge in [-0.1, -0.05) is 71.2 Å². The lowest BCUT2D eigenvalue weighted by Gasteiger charge is -2.12. The number of carbonyl (C=O) groups excluding carboxylic acids is 1. The Kier molecular flexibility index (Phi) is 5.03. The topological polar surface area (TPSA) is 42.0 Å². The van der Waals surface area contributed by atoms with Crippen molar-refractivity contribution in [2.45, 2.75) is 6.92 Å². The average molecular weight is 407 g/mol. The summed E-state index contributed by atoms with van der Waals surface area (Å²) in [6.45, 7) is 2.03. The summed E-state index contributed by atoms with van der Waals surface area (Å²) < 4.78 is 0. The van der Waals surface area contributed by atoms with Gasteiger partial charge < -0.3 is 5.32 Å². The Morgan fingerprint density at radius 1 is 0.929 bits per heavy atom. The smallest absolute Gasteiger partial charge is 0.256 e. The summed E-state index contributed by atoms with van der Waals surface area (Å²) in [4.78, 5) is 17.8. The van der Waals surface area contributed by atoms with Crippen LogP contribution in [0.15, 0.2) is 72.8 Å². The van der Waals surface area contributed by atoms with Crippen molar-refractivity contribution in [3.8, 4) is 11.3 Å². The Morgan fingerprint density at radius 2 is 1.71 bits per heavy atom. The number of carbonyl (C=O) groups is 1. The van der Waals surface area contributed by atoms with Crippen LogP contribution >= 0.6 is 23.2 Å². The van der Waals surface area contributed by atoms with E-state index in [4.69, 9.17) is 28.2 Å². The molecule has 0 aliphatic heterocycles. The number of hydrogen-bond acceptors (Lipinski definition) is 2. The van der Waals surface area contributed by atoms with Gasteiger partial charge in [-0.3, -0.25) is 4.79 Å². The minimum atomic E-state index is -0.267. The van der Waals surface area contributed by atoms with Crippen molar-refractivity contribution in [3.05, 3.63) is 94.0 Å². The second kappa shape index (κ2) is 7.63.